The molecule has 0 bridgehead atoms. The molecule has 2 heterocycles. The molecule has 2 fully saturated rings. The quantitative estimate of drug-likeness (QED) is 0.714. The average Bonchev–Trinajstić information content (AvgIpc) is 2.76. The van der Waals surface area contributed by atoms with E-state index in [4.69, 9.17) is 0 Å². The van der Waals surface area contributed by atoms with Gasteiger partial charge in [0, 0.05) is 39.3 Å². The molecule has 1 unspecified atom stereocenters. The van der Waals surface area contributed by atoms with Gasteiger partial charge in [0.1, 0.15) is 0 Å². The zero-order chi connectivity index (χ0) is 11.4. The second kappa shape index (κ2) is 6.24. The third-order valence-corrected chi connectivity index (χ3v) is 5.39. The van der Waals surface area contributed by atoms with Gasteiger partial charge in [-0.2, -0.15) is 0 Å². The van der Waals surface area contributed by atoms with E-state index < -0.39 is 0 Å². The van der Waals surface area contributed by atoms with Crippen molar-refractivity contribution < 1.29 is 0 Å². The molecule has 96 valence electrons. The second-order valence-electron chi connectivity index (χ2n) is 5.29. The van der Waals surface area contributed by atoms with E-state index in [0.29, 0.717) is 0 Å². The van der Waals surface area contributed by atoms with Crippen LogP contribution in [0.15, 0.2) is 0 Å². The molecule has 0 saturated carbocycles. The first-order valence-corrected chi connectivity index (χ1v) is 8.80. The predicted molar refractivity (Wildman–Crippen MR) is 74.4 cm³/mol. The maximum absolute atomic E-state index is 3.42. The molecule has 0 amide bonds. The first kappa shape index (κ1) is 12.7. The molecule has 0 aromatic carbocycles. The number of nitrogens with one attached hydrogen (secondary N) is 1. The van der Waals surface area contributed by atoms with Crippen LogP contribution in [0.2, 0.25) is 0 Å². The van der Waals surface area contributed by atoms with E-state index in [2.05, 4.69) is 27.0 Å². The van der Waals surface area contributed by atoms with E-state index >= 15 is 0 Å². The standard InChI is InChI=1S/C12H27N3S/c1-16(2)15-8-4-12(11-15)3-7-14-9-5-13-6-10-14/h12-13,16H,3-11H2,1-2H3. The van der Waals surface area contributed by atoms with E-state index in [1.54, 1.807) is 0 Å². The molecule has 1 N–H and O–H groups in total. The maximum Gasteiger partial charge on any atom is 0.0107 e. The summed E-state index contributed by atoms with van der Waals surface area (Å²) in [6.45, 7) is 8.93. The van der Waals surface area contributed by atoms with Crippen LogP contribution in [0.1, 0.15) is 12.8 Å². The molecule has 4 heteroatoms. The number of rotatable bonds is 4. The predicted octanol–water partition coefficient (Wildman–Crippen LogP) is 0.779. The van der Waals surface area contributed by atoms with Gasteiger partial charge in [-0.15, -0.1) is 0 Å². The fraction of sp³-hybridized carbons (Fsp3) is 1.00. The Morgan fingerprint density at radius 1 is 1.19 bits per heavy atom. The Bertz CT molecular complexity index is 204. The number of thiol groups is 1. The number of hydrogen-bond acceptors (Lipinski definition) is 3. The van der Waals surface area contributed by atoms with Crippen molar-refractivity contribution in [1.29, 1.82) is 0 Å². The Labute approximate surface area is 103 Å². The highest BCUT2D eigenvalue weighted by Gasteiger charge is 2.23. The largest absolute Gasteiger partial charge is 0.314 e. The fourth-order valence-electron chi connectivity index (χ4n) is 2.71. The topological polar surface area (TPSA) is 18.5 Å². The summed E-state index contributed by atoms with van der Waals surface area (Å²) in [5, 5.41) is 3.42. The molecule has 0 aliphatic carbocycles. The molecular formula is C12H27N3S. The summed E-state index contributed by atoms with van der Waals surface area (Å²) >= 11 is 0.156. The molecule has 2 aliphatic heterocycles. The van der Waals surface area contributed by atoms with Crippen LogP contribution in [-0.2, 0) is 0 Å². The van der Waals surface area contributed by atoms with Gasteiger partial charge in [-0.05, 0) is 37.8 Å². The highest BCUT2D eigenvalue weighted by Crippen LogP contribution is 2.31. The molecule has 2 aliphatic rings. The van der Waals surface area contributed by atoms with Crippen LogP contribution in [0.5, 0.6) is 0 Å². The Morgan fingerprint density at radius 2 is 1.94 bits per heavy atom. The van der Waals surface area contributed by atoms with E-state index in [-0.39, 0.29) is 11.1 Å². The van der Waals surface area contributed by atoms with Crippen LogP contribution < -0.4 is 5.32 Å². The van der Waals surface area contributed by atoms with E-state index in [1.807, 2.05) is 0 Å². The van der Waals surface area contributed by atoms with Crippen molar-refractivity contribution in [3.63, 3.8) is 0 Å². The fourth-order valence-corrected chi connectivity index (χ4v) is 3.78. The summed E-state index contributed by atoms with van der Waals surface area (Å²) in [6.07, 6.45) is 7.62. The van der Waals surface area contributed by atoms with Gasteiger partial charge < -0.3 is 10.2 Å². The lowest BCUT2D eigenvalue weighted by Crippen LogP contribution is -2.44. The monoisotopic (exact) mass is 245 g/mol. The number of piperazine rings is 1. The number of nitrogens with zero attached hydrogens (tertiary/aromatic N) is 2. The Kier molecular flexibility index (Phi) is 4.95. The molecule has 2 saturated heterocycles. The van der Waals surface area contributed by atoms with Crippen molar-refractivity contribution in [2.75, 3.05) is 58.3 Å². The van der Waals surface area contributed by atoms with E-state index in [9.17, 15) is 0 Å². The number of hydrogen-bond donors (Lipinski definition) is 2. The Balaban J connectivity index is 1.63. The van der Waals surface area contributed by atoms with E-state index in [0.717, 1.165) is 5.92 Å². The van der Waals surface area contributed by atoms with Gasteiger partial charge in [0.05, 0.1) is 0 Å². The minimum atomic E-state index is 0.156. The van der Waals surface area contributed by atoms with Gasteiger partial charge in [0.15, 0.2) is 0 Å². The van der Waals surface area contributed by atoms with Crippen molar-refractivity contribution in [2.24, 2.45) is 5.92 Å². The van der Waals surface area contributed by atoms with Crippen LogP contribution in [0, 0.1) is 5.92 Å². The zero-order valence-corrected chi connectivity index (χ0v) is 11.7. The minimum absolute atomic E-state index is 0.156. The molecule has 0 aromatic rings. The highest BCUT2D eigenvalue weighted by molar-refractivity contribution is 8.13. The molecular weight excluding hydrogens is 218 g/mol. The van der Waals surface area contributed by atoms with Crippen molar-refractivity contribution in [3.05, 3.63) is 0 Å². The third kappa shape index (κ3) is 3.62. The summed E-state index contributed by atoms with van der Waals surface area (Å²) in [7, 11) is 0. The normalized spacial score (nSPS) is 29.6. The summed E-state index contributed by atoms with van der Waals surface area (Å²) in [5.41, 5.74) is 0. The van der Waals surface area contributed by atoms with Crippen molar-refractivity contribution in [2.45, 2.75) is 12.8 Å². The second-order valence-corrected chi connectivity index (χ2v) is 7.55. The smallest absolute Gasteiger partial charge is 0.0107 e. The lowest BCUT2D eigenvalue weighted by molar-refractivity contribution is 0.225. The van der Waals surface area contributed by atoms with Gasteiger partial charge in [0.2, 0.25) is 0 Å². The van der Waals surface area contributed by atoms with Crippen molar-refractivity contribution >= 4 is 11.1 Å². The van der Waals surface area contributed by atoms with Crippen LogP contribution in [0.3, 0.4) is 0 Å². The first-order chi connectivity index (χ1) is 7.75. The summed E-state index contributed by atoms with van der Waals surface area (Å²) in [4.78, 5) is 2.62. The minimum Gasteiger partial charge on any atom is -0.314 e. The van der Waals surface area contributed by atoms with Gasteiger partial charge in [-0.1, -0.05) is 0 Å². The van der Waals surface area contributed by atoms with E-state index in [1.165, 1.54) is 58.7 Å². The van der Waals surface area contributed by atoms with Crippen LogP contribution >= 0.6 is 11.1 Å². The summed E-state index contributed by atoms with van der Waals surface area (Å²) in [6, 6.07) is 0. The molecule has 0 radical (unpaired) electrons. The third-order valence-electron chi connectivity index (χ3n) is 3.89. The van der Waals surface area contributed by atoms with Gasteiger partial charge >= 0.3 is 0 Å². The Morgan fingerprint density at radius 3 is 2.56 bits per heavy atom. The van der Waals surface area contributed by atoms with Gasteiger partial charge in [-0.3, -0.25) is 4.31 Å². The highest BCUT2D eigenvalue weighted by atomic mass is 32.2. The molecule has 2 rings (SSSR count). The molecule has 0 spiro atoms. The molecule has 3 nitrogen and oxygen atoms in total. The molecule has 1 atom stereocenters. The van der Waals surface area contributed by atoms with Crippen LogP contribution in [0.25, 0.3) is 0 Å². The maximum atomic E-state index is 3.42. The van der Waals surface area contributed by atoms with Crippen molar-refractivity contribution in [1.82, 2.24) is 14.5 Å². The van der Waals surface area contributed by atoms with Gasteiger partial charge in [-0.25, -0.2) is 11.1 Å². The van der Waals surface area contributed by atoms with Crippen molar-refractivity contribution in [3.8, 4) is 0 Å². The van der Waals surface area contributed by atoms with Crippen LogP contribution in [-0.4, -0.2) is 67.5 Å². The molecule has 0 aromatic heterocycles. The van der Waals surface area contributed by atoms with Crippen LogP contribution in [0.4, 0.5) is 0 Å². The average molecular weight is 245 g/mol. The summed E-state index contributed by atoms with van der Waals surface area (Å²) in [5.74, 6) is 0.972. The first-order valence-electron chi connectivity index (χ1n) is 6.61. The Hall–Kier alpha value is 0.230. The van der Waals surface area contributed by atoms with Gasteiger partial charge in [0.25, 0.3) is 0 Å². The lowest BCUT2D eigenvalue weighted by atomic mass is 10.0. The molecule has 16 heavy (non-hydrogen) atoms. The SMILES string of the molecule is C[SH](C)N1CCC(CCN2CCNCC2)C1. The lowest BCUT2D eigenvalue weighted by Gasteiger charge is -2.28. The zero-order valence-electron chi connectivity index (χ0n) is 10.8. The summed E-state index contributed by atoms with van der Waals surface area (Å²) < 4.78 is 2.69.